The van der Waals surface area contributed by atoms with Crippen LogP contribution in [0, 0.1) is 19.8 Å². The first-order valence-corrected chi connectivity index (χ1v) is 9.74. The lowest BCUT2D eigenvalue weighted by atomic mass is 10.1. The van der Waals surface area contributed by atoms with E-state index in [2.05, 4.69) is 5.43 Å². The number of Topliss-reactive ketones (excluding diaryl/α,β-unsaturated/α-hetero) is 1. The lowest BCUT2D eigenvalue weighted by Crippen LogP contribution is -2.43. The predicted octanol–water partition coefficient (Wildman–Crippen LogP) is 2.61. The highest BCUT2D eigenvalue weighted by atomic mass is 16.5. The number of amides is 2. The van der Waals surface area contributed by atoms with Crippen LogP contribution in [-0.2, 0) is 14.3 Å². The van der Waals surface area contributed by atoms with E-state index in [-0.39, 0.29) is 24.7 Å². The molecule has 1 fully saturated rings. The zero-order valence-electron chi connectivity index (χ0n) is 17.2. The number of nitrogens with one attached hydrogen (secondary N) is 1. The summed E-state index contributed by atoms with van der Waals surface area (Å²) in [5.41, 5.74) is 5.43. The first-order valence-electron chi connectivity index (χ1n) is 9.74. The van der Waals surface area contributed by atoms with E-state index in [1.165, 1.54) is 6.92 Å². The van der Waals surface area contributed by atoms with Crippen LogP contribution in [0.15, 0.2) is 48.5 Å². The quantitative estimate of drug-likeness (QED) is 0.586. The second-order valence-electron chi connectivity index (χ2n) is 7.52. The van der Waals surface area contributed by atoms with Crippen LogP contribution >= 0.6 is 0 Å². The molecule has 30 heavy (non-hydrogen) atoms. The number of aryl methyl sites for hydroxylation is 2. The van der Waals surface area contributed by atoms with Gasteiger partial charge in [-0.2, -0.15) is 0 Å². The Bertz CT molecular complexity index is 966. The second-order valence-corrected chi connectivity index (χ2v) is 7.52. The molecule has 0 aromatic heterocycles. The van der Waals surface area contributed by atoms with Gasteiger partial charge in [-0.25, -0.2) is 0 Å². The largest absolute Gasteiger partial charge is 0.454 e. The summed E-state index contributed by atoms with van der Waals surface area (Å²) in [5, 5.41) is 1.13. The van der Waals surface area contributed by atoms with Crippen molar-refractivity contribution in [3.63, 3.8) is 0 Å². The van der Waals surface area contributed by atoms with E-state index in [0.29, 0.717) is 11.1 Å². The van der Waals surface area contributed by atoms with Crippen molar-refractivity contribution in [3.05, 3.63) is 70.8 Å². The molecule has 0 unspecified atom stereocenters. The summed E-state index contributed by atoms with van der Waals surface area (Å²) >= 11 is 0. The second kappa shape index (κ2) is 8.90. The number of hydrazine groups is 1. The molecule has 3 rings (SSSR count). The van der Waals surface area contributed by atoms with Crippen LogP contribution in [0.3, 0.4) is 0 Å². The Kier molecular flexibility index (Phi) is 6.30. The first-order chi connectivity index (χ1) is 14.2. The first kappa shape index (κ1) is 21.2. The van der Waals surface area contributed by atoms with Crippen molar-refractivity contribution in [2.45, 2.75) is 33.3 Å². The number of carbonyl (C=O) groups is 4. The van der Waals surface area contributed by atoms with E-state index in [0.717, 1.165) is 16.1 Å². The van der Waals surface area contributed by atoms with E-state index in [1.807, 2.05) is 26.0 Å². The van der Waals surface area contributed by atoms with Crippen LogP contribution in [-0.4, -0.2) is 41.2 Å². The maximum atomic E-state index is 12.5. The standard InChI is InChI=1S/C23H24N2O5/c1-14-4-8-17(9-5-14)21(27)16(3)30-23(29)19-12-20(26)25(13-19)24-22(28)18-10-6-15(2)7-11-18/h4-11,16,19H,12-13H2,1-3H3,(H,24,28)/t16-,19+/m0/s1. The third kappa shape index (κ3) is 4.92. The van der Waals surface area contributed by atoms with Gasteiger partial charge in [0.2, 0.25) is 11.7 Å². The third-order valence-corrected chi connectivity index (χ3v) is 5.01. The highest BCUT2D eigenvalue weighted by Crippen LogP contribution is 2.19. The number of esters is 1. The van der Waals surface area contributed by atoms with Crippen LogP contribution in [0.4, 0.5) is 0 Å². The van der Waals surface area contributed by atoms with Crippen molar-refractivity contribution in [2.24, 2.45) is 5.92 Å². The molecule has 156 valence electrons. The van der Waals surface area contributed by atoms with Gasteiger partial charge in [0.15, 0.2) is 6.10 Å². The molecule has 2 atom stereocenters. The highest BCUT2D eigenvalue weighted by molar-refractivity contribution is 6.00. The number of hydrogen-bond acceptors (Lipinski definition) is 5. The van der Waals surface area contributed by atoms with Gasteiger partial charge >= 0.3 is 5.97 Å². The van der Waals surface area contributed by atoms with Gasteiger partial charge in [0.05, 0.1) is 12.5 Å². The van der Waals surface area contributed by atoms with Crippen LogP contribution in [0.2, 0.25) is 0 Å². The minimum atomic E-state index is -0.966. The number of benzene rings is 2. The van der Waals surface area contributed by atoms with Crippen LogP contribution < -0.4 is 5.43 Å². The van der Waals surface area contributed by atoms with E-state index >= 15 is 0 Å². The molecule has 2 aromatic carbocycles. The molecule has 7 nitrogen and oxygen atoms in total. The van der Waals surface area contributed by atoms with Gasteiger partial charge in [-0.05, 0) is 32.9 Å². The highest BCUT2D eigenvalue weighted by Gasteiger charge is 2.37. The molecule has 1 heterocycles. The number of carbonyl (C=O) groups excluding carboxylic acids is 4. The van der Waals surface area contributed by atoms with Crippen molar-refractivity contribution < 1.29 is 23.9 Å². The fourth-order valence-electron chi connectivity index (χ4n) is 3.14. The summed E-state index contributed by atoms with van der Waals surface area (Å²) in [4.78, 5) is 49.4. The van der Waals surface area contributed by atoms with Crippen molar-refractivity contribution in [2.75, 3.05) is 6.54 Å². The maximum Gasteiger partial charge on any atom is 0.312 e. The van der Waals surface area contributed by atoms with Crippen molar-refractivity contribution in [3.8, 4) is 0 Å². The van der Waals surface area contributed by atoms with E-state index in [9.17, 15) is 19.2 Å². The van der Waals surface area contributed by atoms with Crippen LogP contribution in [0.1, 0.15) is 45.2 Å². The molecule has 0 aliphatic carbocycles. The Hall–Kier alpha value is -3.48. The summed E-state index contributed by atoms with van der Waals surface area (Å²) in [6.45, 7) is 5.33. The smallest absolute Gasteiger partial charge is 0.312 e. The summed E-state index contributed by atoms with van der Waals surface area (Å²) in [6, 6.07) is 13.9. The molecule has 0 spiro atoms. The molecule has 0 saturated carbocycles. The molecular formula is C23H24N2O5. The van der Waals surface area contributed by atoms with Crippen molar-refractivity contribution in [1.29, 1.82) is 0 Å². The van der Waals surface area contributed by atoms with Gasteiger partial charge in [0.25, 0.3) is 5.91 Å². The topological polar surface area (TPSA) is 92.8 Å². The summed E-state index contributed by atoms with van der Waals surface area (Å²) in [6.07, 6.45) is -1.05. The predicted molar refractivity (Wildman–Crippen MR) is 110 cm³/mol. The van der Waals surface area contributed by atoms with Gasteiger partial charge in [0, 0.05) is 17.5 Å². The average Bonchev–Trinajstić information content (AvgIpc) is 3.09. The van der Waals surface area contributed by atoms with E-state index in [1.54, 1.807) is 36.4 Å². The zero-order chi connectivity index (χ0) is 21.8. The summed E-state index contributed by atoms with van der Waals surface area (Å²) in [5.74, 6) is -2.50. The molecule has 2 aromatic rings. The van der Waals surface area contributed by atoms with E-state index < -0.39 is 23.9 Å². The number of ether oxygens (including phenoxy) is 1. The van der Waals surface area contributed by atoms with E-state index in [4.69, 9.17) is 4.74 Å². The lowest BCUT2D eigenvalue weighted by Gasteiger charge is -2.18. The zero-order valence-corrected chi connectivity index (χ0v) is 17.2. The third-order valence-electron chi connectivity index (χ3n) is 5.01. The normalized spacial score (nSPS) is 16.8. The molecule has 1 aliphatic rings. The molecule has 2 amide bonds. The maximum absolute atomic E-state index is 12.5. The number of rotatable bonds is 6. The number of ketones is 1. The summed E-state index contributed by atoms with van der Waals surface area (Å²) in [7, 11) is 0. The Morgan fingerprint density at radius 2 is 1.50 bits per heavy atom. The monoisotopic (exact) mass is 408 g/mol. The molecule has 1 N–H and O–H groups in total. The lowest BCUT2D eigenvalue weighted by molar-refractivity contribution is -0.151. The fourth-order valence-corrected chi connectivity index (χ4v) is 3.14. The minimum Gasteiger partial charge on any atom is -0.454 e. The Labute approximate surface area is 175 Å². The molecular weight excluding hydrogens is 384 g/mol. The van der Waals surface area contributed by atoms with Crippen molar-refractivity contribution >= 4 is 23.6 Å². The number of nitrogens with zero attached hydrogens (tertiary/aromatic N) is 1. The van der Waals surface area contributed by atoms with Crippen molar-refractivity contribution in [1.82, 2.24) is 10.4 Å². The minimum absolute atomic E-state index is 0.000705. The molecule has 0 bridgehead atoms. The number of hydrogen-bond donors (Lipinski definition) is 1. The van der Waals surface area contributed by atoms with Crippen LogP contribution in [0.25, 0.3) is 0 Å². The van der Waals surface area contributed by atoms with Gasteiger partial charge in [-0.3, -0.25) is 29.6 Å². The molecule has 1 aliphatic heterocycles. The Balaban J connectivity index is 1.56. The molecule has 1 saturated heterocycles. The average molecular weight is 408 g/mol. The fraction of sp³-hybridized carbons (Fsp3) is 0.304. The molecule has 0 radical (unpaired) electrons. The van der Waals surface area contributed by atoms with Gasteiger partial charge in [0.1, 0.15) is 0 Å². The van der Waals surface area contributed by atoms with Gasteiger partial charge in [-0.1, -0.05) is 47.5 Å². The molecule has 7 heteroatoms. The van der Waals surface area contributed by atoms with Gasteiger partial charge < -0.3 is 4.74 Å². The SMILES string of the molecule is Cc1ccc(C(=O)NN2C[C@H](C(=O)O[C@@H](C)C(=O)c3ccc(C)cc3)CC2=O)cc1. The Morgan fingerprint density at radius 3 is 2.07 bits per heavy atom. The Morgan fingerprint density at radius 1 is 0.967 bits per heavy atom. The van der Waals surface area contributed by atoms with Crippen LogP contribution in [0.5, 0.6) is 0 Å². The summed E-state index contributed by atoms with van der Waals surface area (Å²) < 4.78 is 5.30. The van der Waals surface area contributed by atoms with Gasteiger partial charge in [-0.15, -0.1) is 0 Å².